The van der Waals surface area contributed by atoms with E-state index in [1.807, 2.05) is 13.8 Å². The van der Waals surface area contributed by atoms with Crippen molar-refractivity contribution in [1.29, 1.82) is 0 Å². The fourth-order valence-electron chi connectivity index (χ4n) is 2.28. The number of aromatic carboxylic acids is 1. The van der Waals surface area contributed by atoms with Gasteiger partial charge in [0.1, 0.15) is 0 Å². The van der Waals surface area contributed by atoms with Crippen LogP contribution in [0.1, 0.15) is 42.6 Å². The van der Waals surface area contributed by atoms with E-state index in [9.17, 15) is 9.90 Å². The Labute approximate surface area is 112 Å². The van der Waals surface area contributed by atoms with E-state index in [0.29, 0.717) is 35.7 Å². The van der Waals surface area contributed by atoms with E-state index in [1.54, 1.807) is 0 Å². The molecule has 1 aromatic carbocycles. The number of nitrogens with two attached hydrogens (primary N) is 2. The van der Waals surface area contributed by atoms with Gasteiger partial charge in [0.15, 0.2) is 0 Å². The second-order valence-corrected chi connectivity index (χ2v) is 4.77. The molecule has 0 fully saturated rings. The number of rotatable bonds is 5. The van der Waals surface area contributed by atoms with E-state index < -0.39 is 11.4 Å². The lowest BCUT2D eigenvalue weighted by Gasteiger charge is -2.33. The standard InChI is InChI=1S/C13H19ClN2O2/c1-3-13(4-2,7-15)10-8(12(17)18)5-6-9(16)11(10)14/h5-6H,3-4,7,15-16H2,1-2H3,(H,17,18). The number of hydrogen-bond acceptors (Lipinski definition) is 3. The minimum absolute atomic E-state index is 0.184. The summed E-state index contributed by atoms with van der Waals surface area (Å²) in [6.07, 6.45) is 1.42. The summed E-state index contributed by atoms with van der Waals surface area (Å²) in [5.74, 6) is -1.01. The number of carboxylic acids is 1. The molecule has 100 valence electrons. The fourth-order valence-corrected chi connectivity index (χ4v) is 2.65. The highest BCUT2D eigenvalue weighted by atomic mass is 35.5. The summed E-state index contributed by atoms with van der Waals surface area (Å²) in [5, 5.41) is 9.60. The molecule has 5 heteroatoms. The second kappa shape index (κ2) is 5.59. The summed E-state index contributed by atoms with van der Waals surface area (Å²) >= 11 is 6.22. The average molecular weight is 271 g/mol. The predicted molar refractivity (Wildman–Crippen MR) is 74.1 cm³/mol. The van der Waals surface area contributed by atoms with Gasteiger partial charge in [-0.15, -0.1) is 0 Å². The Bertz CT molecular complexity index is 448. The smallest absolute Gasteiger partial charge is 0.336 e. The predicted octanol–water partition coefficient (Wildman–Crippen LogP) is 2.64. The van der Waals surface area contributed by atoms with Crippen molar-refractivity contribution in [3.63, 3.8) is 0 Å². The Morgan fingerprint density at radius 2 is 1.94 bits per heavy atom. The van der Waals surface area contributed by atoms with E-state index in [1.165, 1.54) is 12.1 Å². The van der Waals surface area contributed by atoms with E-state index in [-0.39, 0.29) is 5.56 Å². The molecule has 18 heavy (non-hydrogen) atoms. The molecule has 0 saturated heterocycles. The van der Waals surface area contributed by atoms with Crippen molar-refractivity contribution in [2.75, 3.05) is 12.3 Å². The van der Waals surface area contributed by atoms with Crippen molar-refractivity contribution in [2.45, 2.75) is 32.1 Å². The number of anilines is 1. The number of halogens is 1. The third-order valence-corrected chi connectivity index (χ3v) is 4.08. The molecule has 0 spiro atoms. The molecule has 4 nitrogen and oxygen atoms in total. The van der Waals surface area contributed by atoms with Crippen LogP contribution in [-0.4, -0.2) is 17.6 Å². The molecule has 5 N–H and O–H groups in total. The maximum absolute atomic E-state index is 11.3. The average Bonchev–Trinajstić information content (AvgIpc) is 2.36. The highest BCUT2D eigenvalue weighted by Crippen LogP contribution is 2.40. The first-order valence-electron chi connectivity index (χ1n) is 5.95. The Balaban J connectivity index is 3.63. The van der Waals surface area contributed by atoms with Gasteiger partial charge in [-0.3, -0.25) is 0 Å². The van der Waals surface area contributed by atoms with Gasteiger partial charge < -0.3 is 16.6 Å². The minimum atomic E-state index is -1.01. The number of hydrogen-bond donors (Lipinski definition) is 3. The van der Waals surface area contributed by atoms with Crippen molar-refractivity contribution >= 4 is 23.3 Å². The van der Waals surface area contributed by atoms with E-state index >= 15 is 0 Å². The number of carboxylic acid groups (broad SMARTS) is 1. The SMILES string of the molecule is CCC(CC)(CN)c1c(C(=O)O)ccc(N)c1Cl. The largest absolute Gasteiger partial charge is 0.478 e. The van der Waals surface area contributed by atoms with E-state index in [2.05, 4.69) is 0 Å². The molecule has 1 rings (SSSR count). The number of nitrogen functional groups attached to an aromatic ring is 1. The summed E-state index contributed by atoms with van der Waals surface area (Å²) in [6.45, 7) is 4.28. The summed E-state index contributed by atoms with van der Waals surface area (Å²) in [4.78, 5) is 11.3. The van der Waals surface area contributed by atoms with E-state index in [4.69, 9.17) is 23.1 Å². The van der Waals surface area contributed by atoms with Gasteiger partial charge in [-0.25, -0.2) is 4.79 Å². The van der Waals surface area contributed by atoms with Crippen LogP contribution < -0.4 is 11.5 Å². The molecule has 0 radical (unpaired) electrons. The zero-order chi connectivity index (χ0) is 13.9. The third-order valence-electron chi connectivity index (χ3n) is 3.68. The number of carbonyl (C=O) groups is 1. The summed E-state index contributed by atoms with van der Waals surface area (Å²) in [5.41, 5.74) is 12.3. The van der Waals surface area contributed by atoms with Crippen LogP contribution in [0, 0.1) is 0 Å². The maximum atomic E-state index is 11.3. The highest BCUT2D eigenvalue weighted by Gasteiger charge is 2.34. The molecule has 0 bridgehead atoms. The van der Waals surface area contributed by atoms with Crippen LogP contribution in [0.15, 0.2) is 12.1 Å². The van der Waals surface area contributed by atoms with Crippen molar-refractivity contribution in [3.8, 4) is 0 Å². The van der Waals surface area contributed by atoms with Gasteiger partial charge in [0.05, 0.1) is 16.3 Å². The lowest BCUT2D eigenvalue weighted by Crippen LogP contribution is -2.36. The molecular formula is C13H19ClN2O2. The molecule has 0 aromatic heterocycles. The van der Waals surface area contributed by atoms with Crippen LogP contribution in [0.4, 0.5) is 5.69 Å². The minimum Gasteiger partial charge on any atom is -0.478 e. The molecule has 0 aliphatic carbocycles. The first kappa shape index (κ1) is 14.8. The molecule has 0 heterocycles. The molecule has 0 amide bonds. The van der Waals surface area contributed by atoms with Crippen molar-refractivity contribution < 1.29 is 9.90 Å². The maximum Gasteiger partial charge on any atom is 0.336 e. The molecular weight excluding hydrogens is 252 g/mol. The van der Waals surface area contributed by atoms with Gasteiger partial charge in [-0.05, 0) is 30.5 Å². The van der Waals surface area contributed by atoms with Crippen LogP contribution in [0.3, 0.4) is 0 Å². The van der Waals surface area contributed by atoms with Gasteiger partial charge in [0.2, 0.25) is 0 Å². The van der Waals surface area contributed by atoms with Gasteiger partial charge >= 0.3 is 5.97 Å². The Hall–Kier alpha value is -1.26. The first-order chi connectivity index (χ1) is 8.43. The van der Waals surface area contributed by atoms with Crippen LogP contribution in [0.5, 0.6) is 0 Å². The molecule has 0 unspecified atom stereocenters. The Kier molecular flexibility index (Phi) is 4.59. The monoisotopic (exact) mass is 270 g/mol. The van der Waals surface area contributed by atoms with Gasteiger partial charge in [-0.1, -0.05) is 25.4 Å². The third kappa shape index (κ3) is 2.31. The molecule has 1 aromatic rings. The van der Waals surface area contributed by atoms with Crippen LogP contribution in [0.2, 0.25) is 5.02 Å². The zero-order valence-electron chi connectivity index (χ0n) is 10.7. The summed E-state index contributed by atoms with van der Waals surface area (Å²) < 4.78 is 0. The van der Waals surface area contributed by atoms with Crippen molar-refractivity contribution in [2.24, 2.45) is 5.73 Å². The normalized spacial score (nSPS) is 11.6. The van der Waals surface area contributed by atoms with Crippen molar-refractivity contribution in [1.82, 2.24) is 0 Å². The van der Waals surface area contributed by atoms with Crippen LogP contribution >= 0.6 is 11.6 Å². The Morgan fingerprint density at radius 1 is 1.39 bits per heavy atom. The first-order valence-corrected chi connectivity index (χ1v) is 6.33. The fraction of sp³-hybridized carbons (Fsp3) is 0.462. The van der Waals surface area contributed by atoms with Gasteiger partial charge in [-0.2, -0.15) is 0 Å². The molecule has 0 atom stereocenters. The van der Waals surface area contributed by atoms with Crippen LogP contribution in [-0.2, 0) is 5.41 Å². The summed E-state index contributed by atoms with van der Waals surface area (Å²) in [6, 6.07) is 3.01. The highest BCUT2D eigenvalue weighted by molar-refractivity contribution is 6.34. The van der Waals surface area contributed by atoms with Gasteiger partial charge in [0.25, 0.3) is 0 Å². The molecule has 0 aliphatic rings. The molecule has 0 aliphatic heterocycles. The van der Waals surface area contributed by atoms with Gasteiger partial charge in [0, 0.05) is 12.0 Å². The molecule has 0 saturated carbocycles. The van der Waals surface area contributed by atoms with Crippen molar-refractivity contribution in [3.05, 3.63) is 28.3 Å². The summed E-state index contributed by atoms with van der Waals surface area (Å²) in [7, 11) is 0. The van der Waals surface area contributed by atoms with E-state index in [0.717, 1.165) is 0 Å². The lowest BCUT2D eigenvalue weighted by atomic mass is 9.73. The number of benzene rings is 1. The quantitative estimate of drug-likeness (QED) is 0.718. The topological polar surface area (TPSA) is 89.3 Å². The zero-order valence-corrected chi connectivity index (χ0v) is 11.4. The lowest BCUT2D eigenvalue weighted by molar-refractivity contribution is 0.0693. The second-order valence-electron chi connectivity index (χ2n) is 4.39. The Morgan fingerprint density at radius 3 is 2.33 bits per heavy atom. The van der Waals surface area contributed by atoms with Crippen LogP contribution in [0.25, 0.3) is 0 Å².